The lowest BCUT2D eigenvalue weighted by Gasteiger charge is -2.27. The second kappa shape index (κ2) is 8.75. The lowest BCUT2D eigenvalue weighted by atomic mass is 9.96. The number of anilines is 2. The molecule has 0 saturated carbocycles. The van der Waals surface area contributed by atoms with Crippen molar-refractivity contribution >= 4 is 23.3 Å². The van der Waals surface area contributed by atoms with E-state index in [0.29, 0.717) is 22.7 Å². The molecule has 156 valence electrons. The molecule has 0 saturated heterocycles. The summed E-state index contributed by atoms with van der Waals surface area (Å²) < 4.78 is 5.26. The van der Waals surface area contributed by atoms with Gasteiger partial charge in [-0.15, -0.1) is 0 Å². The molecule has 1 atom stereocenters. The minimum absolute atomic E-state index is 0.263. The first-order valence-electron chi connectivity index (χ1n) is 9.88. The summed E-state index contributed by atoms with van der Waals surface area (Å²) in [6.45, 7) is 0. The van der Waals surface area contributed by atoms with Gasteiger partial charge in [0, 0.05) is 11.4 Å². The average molecular weight is 414 g/mol. The number of aliphatic carboxylic acids is 1. The molecule has 3 aromatic rings. The maximum absolute atomic E-state index is 13.6. The van der Waals surface area contributed by atoms with E-state index >= 15 is 0 Å². The van der Waals surface area contributed by atoms with E-state index in [1.54, 1.807) is 12.0 Å². The van der Waals surface area contributed by atoms with Crippen molar-refractivity contribution in [1.82, 2.24) is 0 Å². The van der Waals surface area contributed by atoms with Crippen molar-refractivity contribution < 1.29 is 19.4 Å². The molecule has 0 radical (unpaired) electrons. The molecule has 0 aliphatic carbocycles. The van der Waals surface area contributed by atoms with Crippen LogP contribution >= 0.6 is 0 Å². The Balaban J connectivity index is 1.86. The van der Waals surface area contributed by atoms with Gasteiger partial charge in [0.15, 0.2) is 0 Å². The zero-order chi connectivity index (χ0) is 21.8. The van der Waals surface area contributed by atoms with E-state index in [1.165, 1.54) is 0 Å². The van der Waals surface area contributed by atoms with Crippen molar-refractivity contribution in [1.29, 1.82) is 0 Å². The molecule has 1 aliphatic rings. The monoisotopic (exact) mass is 414 g/mol. The van der Waals surface area contributed by atoms with Crippen molar-refractivity contribution in [2.75, 3.05) is 17.3 Å². The number of hydrogen-bond donors (Lipinski definition) is 2. The number of nitrogens with zero attached hydrogens (tertiary/aromatic N) is 1. The first kappa shape index (κ1) is 20.2. The summed E-state index contributed by atoms with van der Waals surface area (Å²) in [5.41, 5.74) is 3.02. The number of ether oxygens (including phenoxy) is 1. The number of carboxylic acid groups (broad SMARTS) is 1. The molecule has 1 amide bonds. The highest BCUT2D eigenvalue weighted by Gasteiger charge is 2.41. The first-order chi connectivity index (χ1) is 15.1. The fraction of sp³-hybridized carbons (Fsp3) is 0.120. The third-order valence-corrected chi connectivity index (χ3v) is 5.19. The van der Waals surface area contributed by atoms with Crippen LogP contribution in [0.1, 0.15) is 18.0 Å². The van der Waals surface area contributed by atoms with E-state index in [9.17, 15) is 14.7 Å². The molecule has 4 rings (SSSR count). The highest BCUT2D eigenvalue weighted by Crippen LogP contribution is 2.43. The molecule has 1 aliphatic heterocycles. The molecular formula is C25H22N2O4. The van der Waals surface area contributed by atoms with E-state index in [0.717, 1.165) is 11.3 Å². The van der Waals surface area contributed by atoms with Gasteiger partial charge in [-0.1, -0.05) is 48.5 Å². The molecule has 6 nitrogen and oxygen atoms in total. The number of hydrogen-bond acceptors (Lipinski definition) is 4. The molecule has 6 heteroatoms. The van der Waals surface area contributed by atoms with E-state index in [1.807, 2.05) is 84.9 Å². The van der Waals surface area contributed by atoms with Crippen LogP contribution in [-0.4, -0.2) is 24.1 Å². The molecule has 0 unspecified atom stereocenters. The fourth-order valence-corrected chi connectivity index (χ4v) is 3.81. The third-order valence-electron chi connectivity index (χ3n) is 5.19. The van der Waals surface area contributed by atoms with Crippen LogP contribution in [0.2, 0.25) is 0 Å². The molecule has 0 spiro atoms. The van der Waals surface area contributed by atoms with E-state index in [2.05, 4.69) is 5.32 Å². The number of methoxy groups -OCH3 is 1. The van der Waals surface area contributed by atoms with Crippen LogP contribution in [0, 0.1) is 0 Å². The van der Waals surface area contributed by atoms with E-state index in [4.69, 9.17) is 4.74 Å². The second-order valence-corrected chi connectivity index (χ2v) is 7.15. The Morgan fingerprint density at radius 3 is 2.16 bits per heavy atom. The summed E-state index contributed by atoms with van der Waals surface area (Å²) in [7, 11) is 1.59. The van der Waals surface area contributed by atoms with Crippen LogP contribution < -0.4 is 15.0 Å². The van der Waals surface area contributed by atoms with Gasteiger partial charge in [-0.25, -0.2) is 0 Å². The Hall–Kier alpha value is -4.06. The van der Waals surface area contributed by atoms with Crippen LogP contribution in [0.25, 0.3) is 0 Å². The van der Waals surface area contributed by atoms with Gasteiger partial charge in [-0.2, -0.15) is 0 Å². The number of nitrogens with one attached hydrogen (secondary N) is 1. The Morgan fingerprint density at radius 2 is 1.58 bits per heavy atom. The Morgan fingerprint density at radius 1 is 0.968 bits per heavy atom. The van der Waals surface area contributed by atoms with E-state index < -0.39 is 12.0 Å². The normalized spacial score (nSPS) is 15.8. The number of carbonyl (C=O) groups is 2. The number of carbonyl (C=O) groups excluding carboxylic acids is 1. The summed E-state index contributed by atoms with van der Waals surface area (Å²) in [6.07, 6.45) is -0.263. The van der Waals surface area contributed by atoms with Crippen molar-refractivity contribution in [3.63, 3.8) is 0 Å². The summed E-state index contributed by atoms with van der Waals surface area (Å²) >= 11 is 0. The summed E-state index contributed by atoms with van der Waals surface area (Å²) in [5, 5.41) is 12.8. The van der Waals surface area contributed by atoms with Gasteiger partial charge in [0.25, 0.3) is 5.91 Å². The van der Waals surface area contributed by atoms with Gasteiger partial charge in [-0.05, 0) is 47.5 Å². The summed E-state index contributed by atoms with van der Waals surface area (Å²) in [4.78, 5) is 27.0. The van der Waals surface area contributed by atoms with Gasteiger partial charge < -0.3 is 15.2 Å². The molecule has 0 bridgehead atoms. The van der Waals surface area contributed by atoms with Gasteiger partial charge >= 0.3 is 5.97 Å². The molecule has 3 aromatic carbocycles. The Labute approximate surface area is 180 Å². The zero-order valence-corrected chi connectivity index (χ0v) is 17.0. The van der Waals surface area contributed by atoms with Crippen molar-refractivity contribution in [2.45, 2.75) is 12.5 Å². The van der Waals surface area contributed by atoms with Crippen LogP contribution in [0.3, 0.4) is 0 Å². The fourth-order valence-electron chi connectivity index (χ4n) is 3.81. The number of benzene rings is 3. The predicted octanol–water partition coefficient (Wildman–Crippen LogP) is 4.62. The number of para-hydroxylation sites is 2. The van der Waals surface area contributed by atoms with E-state index in [-0.39, 0.29) is 12.3 Å². The average Bonchev–Trinajstić information content (AvgIpc) is 3.06. The molecule has 2 N–H and O–H groups in total. The molecule has 0 fully saturated rings. The third kappa shape index (κ3) is 4.14. The zero-order valence-electron chi connectivity index (χ0n) is 17.0. The van der Waals surface area contributed by atoms with Crippen molar-refractivity contribution in [3.8, 4) is 5.75 Å². The summed E-state index contributed by atoms with van der Waals surface area (Å²) in [5.74, 6) is -0.582. The number of amides is 1. The predicted molar refractivity (Wildman–Crippen MR) is 119 cm³/mol. The van der Waals surface area contributed by atoms with Gasteiger partial charge in [0.1, 0.15) is 11.4 Å². The maximum atomic E-state index is 13.6. The highest BCUT2D eigenvalue weighted by molar-refractivity contribution is 6.12. The molecule has 31 heavy (non-hydrogen) atoms. The molecule has 0 aromatic heterocycles. The van der Waals surface area contributed by atoms with Crippen LogP contribution in [0.15, 0.2) is 96.2 Å². The SMILES string of the molecule is COc1ccc([C@@H]2C(CC(=O)O)=C(Nc3ccccc3)C(=O)N2c2ccccc2)cc1. The molecule has 1 heterocycles. The van der Waals surface area contributed by atoms with Crippen LogP contribution in [0.5, 0.6) is 5.75 Å². The summed E-state index contributed by atoms with van der Waals surface area (Å²) in [6, 6.07) is 25.3. The lowest BCUT2D eigenvalue weighted by Crippen LogP contribution is -2.31. The van der Waals surface area contributed by atoms with Crippen LogP contribution in [0.4, 0.5) is 11.4 Å². The standard InChI is InChI=1S/C25H22N2O4/c1-31-20-14-12-17(13-15-20)24-21(16-22(28)29)23(26-18-8-4-2-5-9-18)25(30)27(24)19-10-6-3-7-11-19/h2-15,24,26H,16H2,1H3,(H,28,29)/t24-/m1/s1. The number of carboxylic acids is 1. The van der Waals surface area contributed by atoms with Gasteiger partial charge in [-0.3, -0.25) is 14.5 Å². The second-order valence-electron chi connectivity index (χ2n) is 7.15. The maximum Gasteiger partial charge on any atom is 0.307 e. The number of rotatable bonds is 7. The smallest absolute Gasteiger partial charge is 0.307 e. The minimum atomic E-state index is -0.997. The Kier molecular flexibility index (Phi) is 5.71. The van der Waals surface area contributed by atoms with Crippen LogP contribution in [-0.2, 0) is 9.59 Å². The van der Waals surface area contributed by atoms with Crippen molar-refractivity contribution in [2.24, 2.45) is 0 Å². The quantitative estimate of drug-likeness (QED) is 0.590. The highest BCUT2D eigenvalue weighted by atomic mass is 16.5. The molecular weight excluding hydrogens is 392 g/mol. The lowest BCUT2D eigenvalue weighted by molar-refractivity contribution is -0.136. The minimum Gasteiger partial charge on any atom is -0.497 e. The first-order valence-corrected chi connectivity index (χ1v) is 9.88. The van der Waals surface area contributed by atoms with Gasteiger partial charge in [0.05, 0.1) is 19.6 Å². The largest absolute Gasteiger partial charge is 0.497 e. The van der Waals surface area contributed by atoms with Crippen molar-refractivity contribution in [3.05, 3.63) is 102 Å². The van der Waals surface area contributed by atoms with Gasteiger partial charge in [0.2, 0.25) is 0 Å². The Bertz CT molecular complexity index is 1110. The topological polar surface area (TPSA) is 78.9 Å².